The van der Waals surface area contributed by atoms with Crippen molar-refractivity contribution in [1.82, 2.24) is 19.7 Å². The van der Waals surface area contributed by atoms with Gasteiger partial charge in [0.15, 0.2) is 0 Å². The van der Waals surface area contributed by atoms with Gasteiger partial charge in [-0.2, -0.15) is 0 Å². The predicted octanol–water partition coefficient (Wildman–Crippen LogP) is 3.67. The van der Waals surface area contributed by atoms with Gasteiger partial charge < -0.3 is 10.1 Å². The third-order valence-corrected chi connectivity index (χ3v) is 4.36. The van der Waals surface area contributed by atoms with Gasteiger partial charge in [0.05, 0.1) is 12.1 Å². The zero-order chi connectivity index (χ0) is 16.4. The molecule has 0 saturated carbocycles. The number of nitrogens with zero attached hydrogens (tertiary/aromatic N) is 5. The van der Waals surface area contributed by atoms with E-state index in [0.717, 1.165) is 5.56 Å². The van der Waals surface area contributed by atoms with E-state index in [2.05, 4.69) is 15.2 Å². The average molecular weight is 348 g/mol. The molecule has 9 heteroatoms. The van der Waals surface area contributed by atoms with Gasteiger partial charge in [-0.25, -0.2) is 9.55 Å². The zero-order valence-electron chi connectivity index (χ0n) is 11.9. The number of hydrogen-bond donors (Lipinski definition) is 0. The topological polar surface area (TPSA) is 86.7 Å². The lowest BCUT2D eigenvalue weighted by Crippen LogP contribution is -1.98. The molecular weight excluding hydrogens is 338 g/mol. The summed E-state index contributed by atoms with van der Waals surface area (Å²) in [6.45, 7) is 0. The molecule has 1 aromatic carbocycles. The first-order valence-corrected chi connectivity index (χ1v) is 7.68. The minimum absolute atomic E-state index is 0.0707. The Morgan fingerprint density at radius 3 is 2.78 bits per heavy atom. The van der Waals surface area contributed by atoms with Crippen LogP contribution in [-0.2, 0) is 7.05 Å². The second-order valence-corrected chi connectivity index (χ2v) is 5.97. The normalized spacial score (nSPS) is 11.2. The van der Waals surface area contributed by atoms with E-state index in [4.69, 9.17) is 11.6 Å². The standard InChI is InChI=1S/C14H10ClN5O2S/c1-19-11(16-8-13(19)20(21)22)6-7-12-17-18-14(23-12)9-4-2-3-5-10(9)15/h2-8H,1H3/b7-6+. The minimum atomic E-state index is -0.481. The Morgan fingerprint density at radius 2 is 2.09 bits per heavy atom. The SMILES string of the molecule is Cn1c([N+](=O)[O-])cnc1/C=C/c1nnc(-c2ccccc2Cl)s1. The smallest absolute Gasteiger partial charge is 0.342 e. The second-order valence-electron chi connectivity index (χ2n) is 4.55. The summed E-state index contributed by atoms with van der Waals surface area (Å²) in [5, 5.41) is 21.0. The summed E-state index contributed by atoms with van der Waals surface area (Å²) in [5.41, 5.74) is 0.818. The van der Waals surface area contributed by atoms with Crippen molar-refractivity contribution >= 4 is 40.9 Å². The summed E-state index contributed by atoms with van der Waals surface area (Å²) in [5.74, 6) is 0.393. The van der Waals surface area contributed by atoms with Gasteiger partial charge in [-0.15, -0.1) is 10.2 Å². The number of nitro groups is 1. The summed E-state index contributed by atoms with van der Waals surface area (Å²) in [6.07, 6.45) is 4.59. The highest BCUT2D eigenvalue weighted by Crippen LogP contribution is 2.30. The average Bonchev–Trinajstić information content (AvgIpc) is 3.12. The van der Waals surface area contributed by atoms with Crippen LogP contribution in [0.25, 0.3) is 22.7 Å². The first-order valence-electron chi connectivity index (χ1n) is 6.49. The number of hydrogen-bond acceptors (Lipinski definition) is 6. The van der Waals surface area contributed by atoms with E-state index < -0.39 is 4.92 Å². The number of halogens is 1. The Bertz CT molecular complexity index is 902. The fourth-order valence-electron chi connectivity index (χ4n) is 1.93. The molecule has 0 aliphatic carbocycles. The lowest BCUT2D eigenvalue weighted by molar-refractivity contribution is -0.391. The maximum absolute atomic E-state index is 10.8. The molecule has 0 fully saturated rings. The van der Waals surface area contributed by atoms with Crippen LogP contribution in [0.4, 0.5) is 5.82 Å². The van der Waals surface area contributed by atoms with Crippen molar-refractivity contribution in [2.24, 2.45) is 7.05 Å². The van der Waals surface area contributed by atoms with Crippen molar-refractivity contribution in [1.29, 1.82) is 0 Å². The van der Waals surface area contributed by atoms with Crippen LogP contribution >= 0.6 is 22.9 Å². The van der Waals surface area contributed by atoms with Crippen molar-refractivity contribution in [2.75, 3.05) is 0 Å². The van der Waals surface area contributed by atoms with E-state index in [1.807, 2.05) is 18.2 Å². The van der Waals surface area contributed by atoms with Crippen LogP contribution in [-0.4, -0.2) is 24.7 Å². The molecule has 0 saturated heterocycles. The van der Waals surface area contributed by atoms with E-state index in [9.17, 15) is 10.1 Å². The highest BCUT2D eigenvalue weighted by molar-refractivity contribution is 7.15. The molecule has 116 valence electrons. The van der Waals surface area contributed by atoms with E-state index in [0.29, 0.717) is 20.9 Å². The van der Waals surface area contributed by atoms with Crippen LogP contribution in [0.5, 0.6) is 0 Å². The van der Waals surface area contributed by atoms with Crippen molar-refractivity contribution in [2.45, 2.75) is 0 Å². The molecule has 23 heavy (non-hydrogen) atoms. The monoisotopic (exact) mass is 347 g/mol. The Kier molecular flexibility index (Phi) is 4.18. The molecular formula is C14H10ClN5O2S. The van der Waals surface area contributed by atoms with Crippen molar-refractivity contribution < 1.29 is 4.92 Å². The van der Waals surface area contributed by atoms with Gasteiger partial charge in [-0.3, -0.25) is 0 Å². The molecule has 0 radical (unpaired) electrons. The van der Waals surface area contributed by atoms with E-state index in [1.54, 1.807) is 25.3 Å². The minimum Gasteiger partial charge on any atom is -0.358 e. The van der Waals surface area contributed by atoms with Crippen LogP contribution < -0.4 is 0 Å². The van der Waals surface area contributed by atoms with Gasteiger partial charge in [0.1, 0.15) is 16.2 Å². The molecule has 0 aliphatic rings. The summed E-state index contributed by atoms with van der Waals surface area (Å²) in [4.78, 5) is 14.3. The lowest BCUT2D eigenvalue weighted by Gasteiger charge is -1.96. The van der Waals surface area contributed by atoms with Gasteiger partial charge in [-0.05, 0) is 17.1 Å². The quantitative estimate of drug-likeness (QED) is 0.530. The lowest BCUT2D eigenvalue weighted by atomic mass is 10.2. The van der Waals surface area contributed by atoms with E-state index >= 15 is 0 Å². The molecule has 0 amide bonds. The predicted molar refractivity (Wildman–Crippen MR) is 89.1 cm³/mol. The van der Waals surface area contributed by atoms with Crippen LogP contribution in [0.1, 0.15) is 10.8 Å². The molecule has 3 rings (SSSR count). The van der Waals surface area contributed by atoms with Crippen LogP contribution in [0.15, 0.2) is 30.5 Å². The molecule has 0 unspecified atom stereocenters. The molecule has 0 aliphatic heterocycles. The number of benzene rings is 1. The first-order chi connectivity index (χ1) is 11.1. The molecule has 2 aromatic heterocycles. The van der Waals surface area contributed by atoms with Crippen LogP contribution in [0.3, 0.4) is 0 Å². The van der Waals surface area contributed by atoms with Crippen LogP contribution in [0, 0.1) is 10.1 Å². The van der Waals surface area contributed by atoms with Crippen molar-refractivity contribution in [3.05, 3.63) is 56.4 Å². The summed E-state index contributed by atoms with van der Waals surface area (Å²) in [7, 11) is 1.58. The van der Waals surface area contributed by atoms with Gasteiger partial charge in [0, 0.05) is 11.6 Å². The van der Waals surface area contributed by atoms with E-state index in [1.165, 1.54) is 22.1 Å². The van der Waals surface area contributed by atoms with Crippen molar-refractivity contribution in [3.8, 4) is 10.6 Å². The molecule has 0 atom stereocenters. The van der Waals surface area contributed by atoms with Gasteiger partial charge in [-0.1, -0.05) is 41.1 Å². The summed E-state index contributed by atoms with van der Waals surface area (Å²) in [6, 6.07) is 7.39. The molecule has 0 bridgehead atoms. The molecule has 3 aromatic rings. The van der Waals surface area contributed by atoms with Crippen molar-refractivity contribution in [3.63, 3.8) is 0 Å². The maximum atomic E-state index is 10.8. The summed E-state index contributed by atoms with van der Waals surface area (Å²) >= 11 is 7.51. The fraction of sp³-hybridized carbons (Fsp3) is 0.0714. The third-order valence-electron chi connectivity index (χ3n) is 3.11. The Morgan fingerprint density at radius 1 is 1.30 bits per heavy atom. The van der Waals surface area contributed by atoms with Gasteiger partial charge >= 0.3 is 5.82 Å². The fourth-order valence-corrected chi connectivity index (χ4v) is 3.00. The van der Waals surface area contributed by atoms with E-state index in [-0.39, 0.29) is 5.82 Å². The highest BCUT2D eigenvalue weighted by Gasteiger charge is 2.14. The highest BCUT2D eigenvalue weighted by atomic mass is 35.5. The number of imidazole rings is 1. The number of aromatic nitrogens is 4. The Balaban J connectivity index is 1.85. The van der Waals surface area contributed by atoms with Crippen LogP contribution in [0.2, 0.25) is 5.02 Å². The van der Waals surface area contributed by atoms with Gasteiger partial charge in [0.25, 0.3) is 0 Å². The molecule has 2 heterocycles. The number of rotatable bonds is 4. The second kappa shape index (κ2) is 6.27. The molecule has 0 N–H and O–H groups in total. The Hall–Kier alpha value is -2.58. The third kappa shape index (κ3) is 3.13. The Labute approximate surface area is 140 Å². The first kappa shape index (κ1) is 15.3. The summed E-state index contributed by atoms with van der Waals surface area (Å²) < 4.78 is 1.40. The maximum Gasteiger partial charge on any atom is 0.342 e. The molecule has 7 nitrogen and oxygen atoms in total. The zero-order valence-corrected chi connectivity index (χ0v) is 13.5. The molecule has 0 spiro atoms. The largest absolute Gasteiger partial charge is 0.358 e. The van der Waals surface area contributed by atoms with Gasteiger partial charge in [0.2, 0.25) is 5.82 Å².